The molecule has 0 radical (unpaired) electrons. The second-order valence-electron chi connectivity index (χ2n) is 6.84. The summed E-state index contributed by atoms with van der Waals surface area (Å²) >= 11 is 0. The highest BCUT2D eigenvalue weighted by Gasteiger charge is 2.18. The first-order valence-electron chi connectivity index (χ1n) is 9.24. The summed E-state index contributed by atoms with van der Waals surface area (Å²) in [5, 5.41) is 0. The van der Waals surface area contributed by atoms with Gasteiger partial charge in [0.1, 0.15) is 0 Å². The summed E-state index contributed by atoms with van der Waals surface area (Å²) in [6.07, 6.45) is 0. The zero-order valence-electron chi connectivity index (χ0n) is 16.2. The van der Waals surface area contributed by atoms with Gasteiger partial charge in [-0.05, 0) is 54.1 Å². The molecule has 1 heterocycles. The van der Waals surface area contributed by atoms with E-state index in [-0.39, 0.29) is 17.6 Å². The lowest BCUT2D eigenvalue weighted by Crippen LogP contribution is -2.26. The van der Waals surface area contributed by atoms with E-state index in [0.717, 1.165) is 5.56 Å². The Labute approximate surface area is 174 Å². The summed E-state index contributed by atoms with van der Waals surface area (Å²) in [4.78, 5) is 14.4. The van der Waals surface area contributed by atoms with Crippen molar-refractivity contribution in [1.82, 2.24) is 4.90 Å². The summed E-state index contributed by atoms with van der Waals surface area (Å²) in [7, 11) is -2.04. The molecular weight excluding hydrogens is 404 g/mol. The Hall–Kier alpha value is -3.52. The highest BCUT2D eigenvalue weighted by Crippen LogP contribution is 2.32. The fourth-order valence-corrected chi connectivity index (χ4v) is 4.16. The van der Waals surface area contributed by atoms with Crippen LogP contribution in [0, 0.1) is 0 Å². The van der Waals surface area contributed by atoms with Gasteiger partial charge in [-0.3, -0.25) is 9.52 Å². The van der Waals surface area contributed by atoms with Crippen molar-refractivity contribution in [2.24, 2.45) is 0 Å². The van der Waals surface area contributed by atoms with Crippen molar-refractivity contribution in [2.45, 2.75) is 11.4 Å². The molecule has 0 saturated heterocycles. The van der Waals surface area contributed by atoms with Gasteiger partial charge >= 0.3 is 0 Å². The minimum absolute atomic E-state index is 0.0846. The minimum atomic E-state index is -3.73. The van der Waals surface area contributed by atoms with E-state index in [2.05, 4.69) is 4.72 Å². The molecule has 3 aromatic carbocycles. The second kappa shape index (κ2) is 8.08. The Kier molecular flexibility index (Phi) is 5.33. The van der Waals surface area contributed by atoms with Crippen LogP contribution in [-0.2, 0) is 16.6 Å². The Morgan fingerprint density at radius 3 is 2.40 bits per heavy atom. The van der Waals surface area contributed by atoms with Gasteiger partial charge in [0.25, 0.3) is 15.9 Å². The van der Waals surface area contributed by atoms with Crippen molar-refractivity contribution in [3.05, 3.63) is 83.9 Å². The van der Waals surface area contributed by atoms with Crippen molar-refractivity contribution < 1.29 is 22.7 Å². The highest BCUT2D eigenvalue weighted by molar-refractivity contribution is 7.92. The van der Waals surface area contributed by atoms with Gasteiger partial charge in [0.05, 0.1) is 4.90 Å². The fourth-order valence-electron chi connectivity index (χ4n) is 3.10. The predicted molar refractivity (Wildman–Crippen MR) is 112 cm³/mol. The van der Waals surface area contributed by atoms with E-state index in [4.69, 9.17) is 9.47 Å². The predicted octanol–water partition coefficient (Wildman–Crippen LogP) is 3.49. The first-order chi connectivity index (χ1) is 14.4. The second-order valence-corrected chi connectivity index (χ2v) is 8.53. The van der Waals surface area contributed by atoms with Gasteiger partial charge in [-0.1, -0.05) is 24.3 Å². The first kappa shape index (κ1) is 19.8. The van der Waals surface area contributed by atoms with Crippen LogP contribution in [0.4, 0.5) is 5.69 Å². The summed E-state index contributed by atoms with van der Waals surface area (Å²) in [6, 6.07) is 20.0. The van der Waals surface area contributed by atoms with E-state index in [1.54, 1.807) is 42.3 Å². The van der Waals surface area contributed by atoms with Crippen LogP contribution in [0.5, 0.6) is 11.5 Å². The Balaban J connectivity index is 1.44. The number of anilines is 1. The van der Waals surface area contributed by atoms with E-state index in [9.17, 15) is 13.2 Å². The quantitative estimate of drug-likeness (QED) is 0.655. The molecule has 0 fully saturated rings. The number of hydrogen-bond donors (Lipinski definition) is 1. The number of para-hydroxylation sites is 1. The molecule has 0 spiro atoms. The third-order valence-corrected chi connectivity index (χ3v) is 6.04. The Morgan fingerprint density at radius 2 is 1.67 bits per heavy atom. The van der Waals surface area contributed by atoms with Crippen LogP contribution in [0.1, 0.15) is 15.9 Å². The number of rotatable bonds is 6. The first-order valence-corrected chi connectivity index (χ1v) is 10.7. The molecule has 1 amide bonds. The number of amides is 1. The SMILES string of the molecule is CN(Cc1ccc2c(c1)OCO2)C(=O)c1ccc(S(=O)(=O)Nc2ccccc2)cc1. The van der Waals surface area contributed by atoms with Gasteiger partial charge in [-0.25, -0.2) is 8.42 Å². The zero-order chi connectivity index (χ0) is 21.1. The van der Waals surface area contributed by atoms with Crippen LogP contribution in [0.15, 0.2) is 77.7 Å². The lowest BCUT2D eigenvalue weighted by atomic mass is 10.1. The van der Waals surface area contributed by atoms with Crippen LogP contribution in [0.25, 0.3) is 0 Å². The molecule has 1 aliphatic rings. The molecule has 1 N–H and O–H groups in total. The summed E-state index contributed by atoms with van der Waals surface area (Å²) in [5.74, 6) is 1.13. The van der Waals surface area contributed by atoms with Crippen LogP contribution in [0.3, 0.4) is 0 Å². The molecule has 0 aromatic heterocycles. The monoisotopic (exact) mass is 424 g/mol. The van der Waals surface area contributed by atoms with Gasteiger partial charge in [0.2, 0.25) is 6.79 Å². The van der Waals surface area contributed by atoms with Crippen molar-refractivity contribution in [3.63, 3.8) is 0 Å². The zero-order valence-corrected chi connectivity index (χ0v) is 17.1. The van der Waals surface area contributed by atoms with Gasteiger partial charge in [-0.2, -0.15) is 0 Å². The number of sulfonamides is 1. The molecule has 3 aromatic rings. The van der Waals surface area contributed by atoms with Crippen LogP contribution in [-0.4, -0.2) is 33.1 Å². The molecular formula is C22H20N2O5S. The molecule has 0 bridgehead atoms. The van der Waals surface area contributed by atoms with E-state index in [1.165, 1.54) is 24.3 Å². The molecule has 7 nitrogen and oxygen atoms in total. The number of carbonyl (C=O) groups excluding carboxylic acids is 1. The van der Waals surface area contributed by atoms with Crippen LogP contribution < -0.4 is 14.2 Å². The average molecular weight is 424 g/mol. The van der Waals surface area contributed by atoms with E-state index in [0.29, 0.717) is 29.3 Å². The topological polar surface area (TPSA) is 84.9 Å². The van der Waals surface area contributed by atoms with Crippen LogP contribution in [0.2, 0.25) is 0 Å². The number of benzene rings is 3. The number of fused-ring (bicyclic) bond motifs is 1. The third-order valence-electron chi connectivity index (χ3n) is 4.64. The molecule has 0 saturated carbocycles. The number of carbonyl (C=O) groups is 1. The normalized spacial score (nSPS) is 12.4. The molecule has 0 unspecified atom stereocenters. The summed E-state index contributed by atoms with van der Waals surface area (Å²) < 4.78 is 38.2. The van der Waals surface area contributed by atoms with Crippen molar-refractivity contribution in [3.8, 4) is 11.5 Å². The Bertz CT molecular complexity index is 1160. The minimum Gasteiger partial charge on any atom is -0.454 e. The number of nitrogens with one attached hydrogen (secondary N) is 1. The maximum absolute atomic E-state index is 12.7. The molecule has 0 atom stereocenters. The molecule has 4 rings (SSSR count). The maximum Gasteiger partial charge on any atom is 0.261 e. The molecule has 30 heavy (non-hydrogen) atoms. The number of nitrogens with zero attached hydrogens (tertiary/aromatic N) is 1. The average Bonchev–Trinajstić information content (AvgIpc) is 3.21. The van der Waals surface area contributed by atoms with E-state index in [1.807, 2.05) is 18.2 Å². The molecule has 8 heteroatoms. The fraction of sp³-hybridized carbons (Fsp3) is 0.136. The van der Waals surface area contributed by atoms with Crippen LogP contribution >= 0.6 is 0 Å². The van der Waals surface area contributed by atoms with Crippen molar-refractivity contribution >= 4 is 21.6 Å². The molecule has 1 aliphatic heterocycles. The maximum atomic E-state index is 12.7. The number of hydrogen-bond acceptors (Lipinski definition) is 5. The third kappa shape index (κ3) is 4.23. The smallest absolute Gasteiger partial charge is 0.261 e. The molecule has 154 valence electrons. The number of ether oxygens (including phenoxy) is 2. The largest absolute Gasteiger partial charge is 0.454 e. The van der Waals surface area contributed by atoms with Gasteiger partial charge in [-0.15, -0.1) is 0 Å². The lowest BCUT2D eigenvalue weighted by molar-refractivity contribution is 0.0785. The summed E-state index contributed by atoms with van der Waals surface area (Å²) in [6.45, 7) is 0.576. The van der Waals surface area contributed by atoms with Gasteiger partial charge in [0.15, 0.2) is 11.5 Å². The van der Waals surface area contributed by atoms with Gasteiger partial charge < -0.3 is 14.4 Å². The lowest BCUT2D eigenvalue weighted by Gasteiger charge is -2.18. The highest BCUT2D eigenvalue weighted by atomic mass is 32.2. The van der Waals surface area contributed by atoms with E-state index >= 15 is 0 Å². The molecule has 0 aliphatic carbocycles. The van der Waals surface area contributed by atoms with Crippen molar-refractivity contribution in [1.29, 1.82) is 0 Å². The van der Waals surface area contributed by atoms with Crippen molar-refractivity contribution in [2.75, 3.05) is 18.6 Å². The summed E-state index contributed by atoms with van der Waals surface area (Å²) in [5.41, 5.74) is 1.78. The van der Waals surface area contributed by atoms with E-state index < -0.39 is 10.0 Å². The standard InChI is InChI=1S/C22H20N2O5S/c1-24(14-16-7-12-20-21(13-16)29-15-28-20)22(25)17-8-10-19(11-9-17)30(26,27)23-18-5-3-2-4-6-18/h2-13,23H,14-15H2,1H3. The Morgan fingerprint density at radius 1 is 0.967 bits per heavy atom. The van der Waals surface area contributed by atoms with Gasteiger partial charge in [0, 0.05) is 24.8 Å².